The van der Waals surface area contributed by atoms with Gasteiger partial charge in [0.15, 0.2) is 0 Å². The number of benzene rings is 1. The summed E-state index contributed by atoms with van der Waals surface area (Å²) in [5.74, 6) is -1.27. The lowest BCUT2D eigenvalue weighted by Gasteiger charge is -2.19. The minimum Gasteiger partial charge on any atom is -0.480 e. The van der Waals surface area contributed by atoms with E-state index < -0.39 is 12.0 Å². The summed E-state index contributed by atoms with van der Waals surface area (Å²) in [5, 5.41) is 11.7. The molecule has 2 N–H and O–H groups in total. The van der Waals surface area contributed by atoms with Gasteiger partial charge >= 0.3 is 5.97 Å². The molecule has 0 saturated carbocycles. The highest BCUT2D eigenvalue weighted by Crippen LogP contribution is 2.20. The van der Waals surface area contributed by atoms with Gasteiger partial charge < -0.3 is 10.4 Å². The van der Waals surface area contributed by atoms with Gasteiger partial charge in [-0.1, -0.05) is 52.0 Å². The van der Waals surface area contributed by atoms with E-state index in [4.69, 9.17) is 5.11 Å². The molecule has 4 nitrogen and oxygen atoms in total. The molecule has 0 aliphatic rings. The van der Waals surface area contributed by atoms with Crippen LogP contribution in [0.1, 0.15) is 51.2 Å². The van der Waals surface area contributed by atoms with Crippen LogP contribution >= 0.6 is 0 Å². The molecule has 2 unspecified atom stereocenters. The van der Waals surface area contributed by atoms with E-state index >= 15 is 0 Å². The van der Waals surface area contributed by atoms with Crippen molar-refractivity contribution in [2.75, 3.05) is 0 Å². The molecule has 4 heteroatoms. The third kappa shape index (κ3) is 5.21. The standard InChI is InChI=1S/C17H25NO3/c1-5-13-6-8-14(9-7-13)12(4)10-15(19)18-16(11(2)3)17(20)21/h6-9,11-12,16H,5,10H2,1-4H3,(H,18,19)(H,20,21). The van der Waals surface area contributed by atoms with Gasteiger partial charge in [0, 0.05) is 6.42 Å². The molecule has 1 amide bonds. The first-order chi connectivity index (χ1) is 9.85. The van der Waals surface area contributed by atoms with Gasteiger partial charge in [0.05, 0.1) is 0 Å². The maximum Gasteiger partial charge on any atom is 0.326 e. The lowest BCUT2D eigenvalue weighted by molar-refractivity contribution is -0.143. The lowest BCUT2D eigenvalue weighted by atomic mass is 9.95. The Balaban J connectivity index is 2.62. The molecule has 0 saturated heterocycles. The second-order valence-electron chi connectivity index (χ2n) is 5.83. The molecular weight excluding hydrogens is 266 g/mol. The number of aryl methyl sites for hydroxylation is 1. The van der Waals surface area contributed by atoms with Crippen molar-refractivity contribution < 1.29 is 14.7 Å². The summed E-state index contributed by atoms with van der Waals surface area (Å²) in [6, 6.07) is 7.38. The Morgan fingerprint density at radius 2 is 1.71 bits per heavy atom. The molecule has 21 heavy (non-hydrogen) atoms. The van der Waals surface area contributed by atoms with E-state index in [1.165, 1.54) is 5.56 Å². The van der Waals surface area contributed by atoms with Crippen molar-refractivity contribution in [3.63, 3.8) is 0 Å². The normalized spacial score (nSPS) is 13.8. The fourth-order valence-electron chi connectivity index (χ4n) is 2.22. The molecular formula is C17H25NO3. The zero-order chi connectivity index (χ0) is 16.0. The van der Waals surface area contributed by atoms with Crippen molar-refractivity contribution in [2.24, 2.45) is 5.92 Å². The van der Waals surface area contributed by atoms with Gasteiger partial charge in [0.1, 0.15) is 6.04 Å². The summed E-state index contributed by atoms with van der Waals surface area (Å²) in [7, 11) is 0. The van der Waals surface area contributed by atoms with Gasteiger partial charge in [-0.25, -0.2) is 4.79 Å². The zero-order valence-electron chi connectivity index (χ0n) is 13.2. The summed E-state index contributed by atoms with van der Waals surface area (Å²) < 4.78 is 0. The monoisotopic (exact) mass is 291 g/mol. The SMILES string of the molecule is CCc1ccc(C(C)CC(=O)NC(C(=O)O)C(C)C)cc1. The van der Waals surface area contributed by atoms with Crippen molar-refractivity contribution in [2.45, 2.75) is 52.5 Å². The third-order valence-corrected chi connectivity index (χ3v) is 3.70. The second-order valence-corrected chi connectivity index (χ2v) is 5.83. The maximum absolute atomic E-state index is 12.0. The minimum absolute atomic E-state index is 0.0671. The summed E-state index contributed by atoms with van der Waals surface area (Å²) in [5.41, 5.74) is 2.36. The summed E-state index contributed by atoms with van der Waals surface area (Å²) in [6.07, 6.45) is 1.28. The van der Waals surface area contributed by atoms with E-state index in [1.54, 1.807) is 13.8 Å². The number of aliphatic carboxylic acids is 1. The van der Waals surface area contributed by atoms with Crippen LogP contribution in [-0.2, 0) is 16.0 Å². The Hall–Kier alpha value is -1.84. The molecule has 0 fully saturated rings. The molecule has 1 rings (SSSR count). The zero-order valence-corrected chi connectivity index (χ0v) is 13.2. The van der Waals surface area contributed by atoms with Crippen LogP contribution in [0, 0.1) is 5.92 Å². The first-order valence-corrected chi connectivity index (χ1v) is 7.46. The number of carbonyl (C=O) groups is 2. The molecule has 0 bridgehead atoms. The number of carboxylic acid groups (broad SMARTS) is 1. The molecule has 0 aromatic heterocycles. The van der Waals surface area contributed by atoms with Crippen molar-refractivity contribution in [3.8, 4) is 0 Å². The molecule has 1 aromatic rings. The molecule has 0 aliphatic carbocycles. The molecule has 2 atom stereocenters. The molecule has 1 aromatic carbocycles. The third-order valence-electron chi connectivity index (χ3n) is 3.70. The maximum atomic E-state index is 12.0. The fraction of sp³-hybridized carbons (Fsp3) is 0.529. The van der Waals surface area contributed by atoms with E-state index in [0.717, 1.165) is 12.0 Å². The molecule has 116 valence electrons. The van der Waals surface area contributed by atoms with Crippen molar-refractivity contribution in [1.82, 2.24) is 5.32 Å². The van der Waals surface area contributed by atoms with E-state index in [0.29, 0.717) is 6.42 Å². The lowest BCUT2D eigenvalue weighted by Crippen LogP contribution is -2.44. The fourth-order valence-corrected chi connectivity index (χ4v) is 2.22. The van der Waals surface area contributed by atoms with Gasteiger partial charge in [-0.05, 0) is 29.4 Å². The predicted octanol–water partition coefficient (Wildman–Crippen LogP) is 2.97. The molecule has 0 spiro atoms. The average Bonchev–Trinajstić information content (AvgIpc) is 2.44. The first kappa shape index (κ1) is 17.2. The minimum atomic E-state index is -0.988. The average molecular weight is 291 g/mol. The number of hydrogen-bond acceptors (Lipinski definition) is 2. The predicted molar refractivity (Wildman–Crippen MR) is 83.3 cm³/mol. The summed E-state index contributed by atoms with van der Waals surface area (Å²) in [6.45, 7) is 7.65. The van der Waals surface area contributed by atoms with E-state index in [-0.39, 0.29) is 17.7 Å². The van der Waals surface area contributed by atoms with Gasteiger partial charge in [0.2, 0.25) is 5.91 Å². The second kappa shape index (κ2) is 7.81. The number of amides is 1. The van der Waals surface area contributed by atoms with Crippen molar-refractivity contribution in [3.05, 3.63) is 35.4 Å². The summed E-state index contributed by atoms with van der Waals surface area (Å²) >= 11 is 0. The number of carbonyl (C=O) groups excluding carboxylic acids is 1. The van der Waals surface area contributed by atoms with Crippen LogP contribution in [0.15, 0.2) is 24.3 Å². The molecule has 0 heterocycles. The van der Waals surface area contributed by atoms with Crippen LogP contribution in [0.4, 0.5) is 0 Å². The quantitative estimate of drug-likeness (QED) is 0.811. The van der Waals surface area contributed by atoms with E-state index in [1.807, 2.05) is 19.1 Å². The Bertz CT molecular complexity index is 479. The Labute approximate surface area is 126 Å². The number of rotatable bonds is 7. The van der Waals surface area contributed by atoms with Crippen LogP contribution in [-0.4, -0.2) is 23.0 Å². The van der Waals surface area contributed by atoms with Crippen LogP contribution in [0.3, 0.4) is 0 Å². The topological polar surface area (TPSA) is 66.4 Å². The van der Waals surface area contributed by atoms with Gasteiger partial charge in [-0.15, -0.1) is 0 Å². The number of carboxylic acids is 1. The van der Waals surface area contributed by atoms with Crippen LogP contribution in [0.5, 0.6) is 0 Å². The van der Waals surface area contributed by atoms with Gasteiger partial charge in [0.25, 0.3) is 0 Å². The number of hydrogen-bond donors (Lipinski definition) is 2. The largest absolute Gasteiger partial charge is 0.480 e. The Morgan fingerprint density at radius 3 is 2.14 bits per heavy atom. The van der Waals surface area contributed by atoms with E-state index in [9.17, 15) is 9.59 Å². The van der Waals surface area contributed by atoms with Gasteiger partial charge in [-0.2, -0.15) is 0 Å². The van der Waals surface area contributed by atoms with Crippen LogP contribution in [0.2, 0.25) is 0 Å². The number of nitrogens with one attached hydrogen (secondary N) is 1. The Morgan fingerprint density at radius 1 is 1.14 bits per heavy atom. The van der Waals surface area contributed by atoms with Crippen molar-refractivity contribution >= 4 is 11.9 Å². The highest BCUT2D eigenvalue weighted by molar-refractivity contribution is 5.84. The smallest absolute Gasteiger partial charge is 0.326 e. The van der Waals surface area contributed by atoms with Crippen LogP contribution in [0.25, 0.3) is 0 Å². The highest BCUT2D eigenvalue weighted by atomic mass is 16.4. The van der Waals surface area contributed by atoms with Gasteiger partial charge in [-0.3, -0.25) is 4.79 Å². The van der Waals surface area contributed by atoms with Crippen LogP contribution < -0.4 is 5.32 Å². The Kier molecular flexibility index (Phi) is 6.40. The van der Waals surface area contributed by atoms with E-state index in [2.05, 4.69) is 24.4 Å². The van der Waals surface area contributed by atoms with Crippen molar-refractivity contribution in [1.29, 1.82) is 0 Å². The molecule has 0 radical (unpaired) electrons. The highest BCUT2D eigenvalue weighted by Gasteiger charge is 2.24. The summed E-state index contributed by atoms with van der Waals surface area (Å²) in [4.78, 5) is 23.1. The first-order valence-electron chi connectivity index (χ1n) is 7.46. The molecule has 0 aliphatic heterocycles.